The highest BCUT2D eigenvalue weighted by atomic mass is 79.9. The minimum atomic E-state index is -1.03. The lowest BCUT2D eigenvalue weighted by Gasteiger charge is -2.16. The SMILES string of the molecule is CCC(CC)NC(=O)Nc1cc(C(=O)O)ccc1Br. The van der Waals surface area contributed by atoms with E-state index in [2.05, 4.69) is 26.6 Å². The van der Waals surface area contributed by atoms with Gasteiger partial charge in [-0.25, -0.2) is 9.59 Å². The van der Waals surface area contributed by atoms with Crippen LogP contribution in [-0.4, -0.2) is 23.1 Å². The molecule has 0 aliphatic heterocycles. The molecule has 19 heavy (non-hydrogen) atoms. The summed E-state index contributed by atoms with van der Waals surface area (Å²) in [7, 11) is 0. The van der Waals surface area contributed by atoms with Gasteiger partial charge in [-0.3, -0.25) is 0 Å². The second-order valence-electron chi connectivity index (χ2n) is 4.11. The van der Waals surface area contributed by atoms with Crippen molar-refractivity contribution in [1.29, 1.82) is 0 Å². The third kappa shape index (κ3) is 4.55. The van der Waals surface area contributed by atoms with Crippen LogP contribution in [0.5, 0.6) is 0 Å². The van der Waals surface area contributed by atoms with Crippen LogP contribution < -0.4 is 10.6 Å². The van der Waals surface area contributed by atoms with Gasteiger partial charge in [0.1, 0.15) is 0 Å². The molecule has 0 saturated carbocycles. The predicted molar refractivity (Wildman–Crippen MR) is 77.6 cm³/mol. The molecule has 1 aromatic rings. The van der Waals surface area contributed by atoms with E-state index < -0.39 is 5.97 Å². The van der Waals surface area contributed by atoms with Crippen molar-refractivity contribution in [2.24, 2.45) is 0 Å². The van der Waals surface area contributed by atoms with Gasteiger partial charge in [-0.2, -0.15) is 0 Å². The molecule has 0 aliphatic carbocycles. The molecule has 0 saturated heterocycles. The van der Waals surface area contributed by atoms with Crippen LogP contribution in [0.15, 0.2) is 22.7 Å². The number of carboxylic acids is 1. The average molecular weight is 329 g/mol. The lowest BCUT2D eigenvalue weighted by molar-refractivity contribution is 0.0697. The summed E-state index contributed by atoms with van der Waals surface area (Å²) in [5.41, 5.74) is 0.560. The number of aromatic carboxylic acids is 1. The number of hydrogen-bond donors (Lipinski definition) is 3. The number of carboxylic acid groups (broad SMARTS) is 1. The minimum absolute atomic E-state index is 0.112. The summed E-state index contributed by atoms with van der Waals surface area (Å²) in [6, 6.07) is 4.25. The fraction of sp³-hybridized carbons (Fsp3) is 0.385. The molecule has 104 valence electrons. The summed E-state index contributed by atoms with van der Waals surface area (Å²) < 4.78 is 0.636. The molecule has 1 aromatic carbocycles. The molecule has 0 fully saturated rings. The lowest BCUT2D eigenvalue weighted by atomic mass is 10.2. The second kappa shape index (κ2) is 7.13. The Morgan fingerprint density at radius 1 is 1.32 bits per heavy atom. The lowest BCUT2D eigenvalue weighted by Crippen LogP contribution is -2.37. The van der Waals surface area contributed by atoms with Crippen LogP contribution in [0.1, 0.15) is 37.0 Å². The highest BCUT2D eigenvalue weighted by molar-refractivity contribution is 9.10. The van der Waals surface area contributed by atoms with Crippen LogP contribution in [0.4, 0.5) is 10.5 Å². The van der Waals surface area contributed by atoms with E-state index in [1.54, 1.807) is 6.07 Å². The van der Waals surface area contributed by atoms with E-state index in [-0.39, 0.29) is 17.6 Å². The fourth-order valence-corrected chi connectivity index (χ4v) is 1.94. The number of rotatable bonds is 5. The van der Waals surface area contributed by atoms with Crippen molar-refractivity contribution < 1.29 is 14.7 Å². The van der Waals surface area contributed by atoms with Gasteiger partial charge in [0.2, 0.25) is 0 Å². The highest BCUT2D eigenvalue weighted by Crippen LogP contribution is 2.23. The molecule has 0 unspecified atom stereocenters. The largest absolute Gasteiger partial charge is 0.478 e. The summed E-state index contributed by atoms with van der Waals surface area (Å²) in [6.45, 7) is 3.99. The van der Waals surface area contributed by atoms with E-state index >= 15 is 0 Å². The number of amides is 2. The number of carbonyl (C=O) groups excluding carboxylic acids is 1. The van der Waals surface area contributed by atoms with E-state index in [9.17, 15) is 9.59 Å². The second-order valence-corrected chi connectivity index (χ2v) is 4.97. The quantitative estimate of drug-likeness (QED) is 0.774. The van der Waals surface area contributed by atoms with Gasteiger partial charge in [-0.1, -0.05) is 13.8 Å². The fourth-order valence-electron chi connectivity index (χ4n) is 1.59. The smallest absolute Gasteiger partial charge is 0.335 e. The van der Waals surface area contributed by atoms with Gasteiger partial charge in [0, 0.05) is 10.5 Å². The first-order valence-electron chi connectivity index (χ1n) is 6.08. The third-order valence-corrected chi connectivity index (χ3v) is 3.47. The third-order valence-electron chi connectivity index (χ3n) is 2.78. The highest BCUT2D eigenvalue weighted by Gasteiger charge is 2.12. The summed E-state index contributed by atoms with van der Waals surface area (Å²) >= 11 is 3.27. The number of benzene rings is 1. The van der Waals surface area contributed by atoms with Crippen LogP contribution in [0.25, 0.3) is 0 Å². The summed E-state index contributed by atoms with van der Waals surface area (Å²) in [4.78, 5) is 22.7. The molecule has 0 aromatic heterocycles. The van der Waals surface area contributed by atoms with E-state index in [4.69, 9.17) is 5.11 Å². The van der Waals surface area contributed by atoms with Gasteiger partial charge in [0.25, 0.3) is 0 Å². The normalized spacial score (nSPS) is 10.3. The Balaban J connectivity index is 2.78. The van der Waals surface area contributed by atoms with Crippen LogP contribution >= 0.6 is 15.9 Å². The van der Waals surface area contributed by atoms with Crippen molar-refractivity contribution >= 4 is 33.6 Å². The Hall–Kier alpha value is -1.56. The van der Waals surface area contributed by atoms with Crippen LogP contribution in [0, 0.1) is 0 Å². The Morgan fingerprint density at radius 3 is 2.47 bits per heavy atom. The maximum atomic E-state index is 11.8. The first kappa shape index (κ1) is 15.5. The maximum Gasteiger partial charge on any atom is 0.335 e. The molecule has 3 N–H and O–H groups in total. The molecule has 0 radical (unpaired) electrons. The zero-order valence-corrected chi connectivity index (χ0v) is 12.5. The summed E-state index contributed by atoms with van der Waals surface area (Å²) in [6.07, 6.45) is 1.69. The Kier molecular flexibility index (Phi) is 5.82. The predicted octanol–water partition coefficient (Wildman–Crippen LogP) is 3.46. The minimum Gasteiger partial charge on any atom is -0.478 e. The average Bonchev–Trinajstić information content (AvgIpc) is 2.38. The molecule has 5 nitrogen and oxygen atoms in total. The molecule has 1 rings (SSSR count). The molecular formula is C13H17BrN2O3. The van der Waals surface area contributed by atoms with Gasteiger partial charge in [0.15, 0.2) is 0 Å². The number of hydrogen-bond acceptors (Lipinski definition) is 2. The molecule has 0 aliphatic rings. The van der Waals surface area contributed by atoms with Crippen LogP contribution in [-0.2, 0) is 0 Å². The van der Waals surface area contributed by atoms with Crippen molar-refractivity contribution in [2.75, 3.05) is 5.32 Å². The first-order chi connectivity index (χ1) is 8.97. The first-order valence-corrected chi connectivity index (χ1v) is 6.87. The van der Waals surface area contributed by atoms with Gasteiger partial charge in [-0.05, 0) is 47.0 Å². The molecule has 0 heterocycles. The molecule has 0 spiro atoms. The van der Waals surface area contributed by atoms with Crippen molar-refractivity contribution in [3.05, 3.63) is 28.2 Å². The summed E-state index contributed by atoms with van der Waals surface area (Å²) in [5, 5.41) is 14.4. The summed E-state index contributed by atoms with van der Waals surface area (Å²) in [5.74, 6) is -1.03. The Labute approximate surface area is 120 Å². The molecule has 0 bridgehead atoms. The molecule has 0 atom stereocenters. The number of nitrogens with one attached hydrogen (secondary N) is 2. The topological polar surface area (TPSA) is 78.4 Å². The number of halogens is 1. The maximum absolute atomic E-state index is 11.8. The van der Waals surface area contributed by atoms with Crippen LogP contribution in [0.2, 0.25) is 0 Å². The van der Waals surface area contributed by atoms with Gasteiger partial charge in [0.05, 0.1) is 11.3 Å². The van der Waals surface area contributed by atoms with E-state index in [1.165, 1.54) is 12.1 Å². The number of carbonyl (C=O) groups is 2. The van der Waals surface area contributed by atoms with Gasteiger partial charge < -0.3 is 15.7 Å². The van der Waals surface area contributed by atoms with E-state index in [0.717, 1.165) is 12.8 Å². The molecule has 2 amide bonds. The van der Waals surface area contributed by atoms with Gasteiger partial charge >= 0.3 is 12.0 Å². The zero-order valence-electron chi connectivity index (χ0n) is 10.9. The standard InChI is InChI=1S/C13H17BrN2O3/c1-3-9(4-2)15-13(19)16-11-7-8(12(17)18)5-6-10(11)14/h5-7,9H,3-4H2,1-2H3,(H,17,18)(H2,15,16,19). The zero-order chi connectivity index (χ0) is 14.4. The van der Waals surface area contributed by atoms with Crippen molar-refractivity contribution in [3.63, 3.8) is 0 Å². The van der Waals surface area contributed by atoms with Gasteiger partial charge in [-0.15, -0.1) is 0 Å². The van der Waals surface area contributed by atoms with Crippen LogP contribution in [0.3, 0.4) is 0 Å². The Bertz CT molecular complexity index is 473. The molecule has 6 heteroatoms. The van der Waals surface area contributed by atoms with Crippen molar-refractivity contribution in [3.8, 4) is 0 Å². The number of anilines is 1. The molecular weight excluding hydrogens is 312 g/mol. The monoisotopic (exact) mass is 328 g/mol. The van der Waals surface area contributed by atoms with E-state index in [1.807, 2.05) is 13.8 Å². The van der Waals surface area contributed by atoms with Crippen molar-refractivity contribution in [1.82, 2.24) is 5.32 Å². The van der Waals surface area contributed by atoms with E-state index in [0.29, 0.717) is 10.2 Å². The number of urea groups is 1. The van der Waals surface area contributed by atoms with Crippen molar-refractivity contribution in [2.45, 2.75) is 32.7 Å². The Morgan fingerprint density at radius 2 is 1.95 bits per heavy atom.